The lowest BCUT2D eigenvalue weighted by molar-refractivity contribution is -0.145. The molecule has 276 valence electrons. The number of rotatable bonds is 31. The van der Waals surface area contributed by atoms with Crippen LogP contribution < -0.4 is 10.6 Å². The fourth-order valence-corrected chi connectivity index (χ4v) is 3.73. The molecule has 0 spiro atoms. The van der Waals surface area contributed by atoms with Crippen LogP contribution in [0.3, 0.4) is 0 Å². The summed E-state index contributed by atoms with van der Waals surface area (Å²) in [6.45, 7) is 16.5. The zero-order valence-corrected chi connectivity index (χ0v) is 29.4. The Morgan fingerprint density at radius 2 is 1.04 bits per heavy atom. The summed E-state index contributed by atoms with van der Waals surface area (Å²) in [5.41, 5.74) is -0.600. The van der Waals surface area contributed by atoms with Crippen LogP contribution in [0.25, 0.3) is 0 Å². The lowest BCUT2D eigenvalue weighted by Crippen LogP contribution is -2.38. The SMILES string of the molecule is CCOCCOCCOCCOCCOCCOCCC(=O)NCCCN(CCCNC(=O)OC(C)(C)C)C(=O)CCC(=O)OCC. The monoisotopic (exact) mass is 679 g/mol. The predicted molar refractivity (Wildman–Crippen MR) is 174 cm³/mol. The summed E-state index contributed by atoms with van der Waals surface area (Å²) >= 11 is 0. The first-order valence-corrected chi connectivity index (χ1v) is 16.7. The van der Waals surface area contributed by atoms with Crippen LogP contribution in [-0.2, 0) is 52.3 Å². The molecule has 0 aliphatic carbocycles. The van der Waals surface area contributed by atoms with Gasteiger partial charge in [-0.1, -0.05) is 0 Å². The van der Waals surface area contributed by atoms with Gasteiger partial charge in [0.1, 0.15) is 5.60 Å². The summed E-state index contributed by atoms with van der Waals surface area (Å²) in [4.78, 5) is 50.1. The molecule has 47 heavy (non-hydrogen) atoms. The molecule has 0 aliphatic rings. The fraction of sp³-hybridized carbons (Fsp3) is 0.875. The molecule has 0 aromatic rings. The molecule has 0 saturated carbocycles. The van der Waals surface area contributed by atoms with Crippen molar-refractivity contribution in [3.63, 3.8) is 0 Å². The van der Waals surface area contributed by atoms with Crippen molar-refractivity contribution in [1.82, 2.24) is 15.5 Å². The molecule has 0 rings (SSSR count). The second-order valence-electron chi connectivity index (χ2n) is 11.2. The molecule has 0 bridgehead atoms. The van der Waals surface area contributed by atoms with Crippen LogP contribution in [0.4, 0.5) is 4.79 Å². The average molecular weight is 680 g/mol. The Morgan fingerprint density at radius 1 is 0.574 bits per heavy atom. The molecule has 0 fully saturated rings. The number of hydrogen-bond donors (Lipinski definition) is 2. The van der Waals surface area contributed by atoms with Crippen molar-refractivity contribution in [3.8, 4) is 0 Å². The molecule has 0 aromatic heterocycles. The van der Waals surface area contributed by atoms with Gasteiger partial charge in [-0.25, -0.2) is 4.79 Å². The summed E-state index contributed by atoms with van der Waals surface area (Å²) in [7, 11) is 0. The maximum absolute atomic E-state index is 12.8. The van der Waals surface area contributed by atoms with Gasteiger partial charge < -0.3 is 53.4 Å². The maximum Gasteiger partial charge on any atom is 0.407 e. The largest absolute Gasteiger partial charge is 0.466 e. The van der Waals surface area contributed by atoms with Crippen LogP contribution in [0, 0.1) is 0 Å². The molecular weight excluding hydrogens is 618 g/mol. The van der Waals surface area contributed by atoms with Crippen molar-refractivity contribution in [1.29, 1.82) is 0 Å². The number of ether oxygens (including phenoxy) is 8. The first-order valence-electron chi connectivity index (χ1n) is 16.7. The third-order valence-electron chi connectivity index (χ3n) is 5.94. The molecule has 0 aromatic carbocycles. The number of nitrogens with zero attached hydrogens (tertiary/aromatic N) is 1. The van der Waals surface area contributed by atoms with Crippen LogP contribution in [0.5, 0.6) is 0 Å². The molecule has 15 heteroatoms. The van der Waals surface area contributed by atoms with E-state index in [2.05, 4.69) is 10.6 Å². The minimum absolute atomic E-state index is 0.00253. The van der Waals surface area contributed by atoms with Gasteiger partial charge in [0.25, 0.3) is 0 Å². The Kier molecular flexibility index (Phi) is 29.1. The predicted octanol–water partition coefficient (Wildman–Crippen LogP) is 2.09. The Labute approximate surface area is 280 Å². The lowest BCUT2D eigenvalue weighted by atomic mass is 10.2. The molecule has 3 amide bonds. The average Bonchev–Trinajstić information content (AvgIpc) is 3.01. The van der Waals surface area contributed by atoms with Gasteiger partial charge in [-0.15, -0.1) is 0 Å². The van der Waals surface area contributed by atoms with E-state index in [0.717, 1.165) is 0 Å². The summed E-state index contributed by atoms with van der Waals surface area (Å²) in [5.74, 6) is -0.768. The van der Waals surface area contributed by atoms with Crippen molar-refractivity contribution in [3.05, 3.63) is 0 Å². The van der Waals surface area contributed by atoms with Gasteiger partial charge in [0.2, 0.25) is 11.8 Å². The highest BCUT2D eigenvalue weighted by Gasteiger charge is 2.17. The molecular formula is C32H61N3O12. The van der Waals surface area contributed by atoms with Gasteiger partial charge in [-0.3, -0.25) is 14.4 Å². The molecule has 0 saturated heterocycles. The third kappa shape index (κ3) is 31.8. The van der Waals surface area contributed by atoms with Gasteiger partial charge in [-0.05, 0) is 47.5 Å². The van der Waals surface area contributed by atoms with Crippen molar-refractivity contribution in [2.75, 3.05) is 112 Å². The van der Waals surface area contributed by atoms with Crippen molar-refractivity contribution >= 4 is 23.9 Å². The number of hydrogen-bond acceptors (Lipinski definition) is 12. The van der Waals surface area contributed by atoms with E-state index in [-0.39, 0.29) is 44.3 Å². The molecule has 15 nitrogen and oxygen atoms in total. The third-order valence-corrected chi connectivity index (χ3v) is 5.94. The molecule has 0 radical (unpaired) electrons. The fourth-order valence-electron chi connectivity index (χ4n) is 3.73. The second-order valence-corrected chi connectivity index (χ2v) is 11.2. The summed E-state index contributed by atoms with van der Waals surface area (Å²) in [5, 5.41) is 5.51. The van der Waals surface area contributed by atoms with Crippen molar-refractivity contribution in [2.45, 2.75) is 72.3 Å². The zero-order chi connectivity index (χ0) is 35.0. The van der Waals surface area contributed by atoms with Crippen LogP contribution in [-0.4, -0.2) is 146 Å². The van der Waals surface area contributed by atoms with Crippen LogP contribution in [0.1, 0.15) is 66.7 Å². The Morgan fingerprint density at radius 3 is 1.51 bits per heavy atom. The van der Waals surface area contributed by atoms with E-state index in [1.165, 1.54) is 0 Å². The number of carbonyl (C=O) groups excluding carboxylic acids is 4. The highest BCUT2D eigenvalue weighted by molar-refractivity contribution is 5.81. The van der Waals surface area contributed by atoms with E-state index in [4.69, 9.17) is 37.9 Å². The molecule has 0 unspecified atom stereocenters. The Hall–Kier alpha value is -2.56. The minimum Gasteiger partial charge on any atom is -0.466 e. The van der Waals surface area contributed by atoms with E-state index in [1.807, 2.05) is 6.92 Å². The van der Waals surface area contributed by atoms with Crippen LogP contribution >= 0.6 is 0 Å². The number of carbonyl (C=O) groups is 4. The quantitative estimate of drug-likeness (QED) is 0.0810. The van der Waals surface area contributed by atoms with Gasteiger partial charge in [-0.2, -0.15) is 0 Å². The summed E-state index contributed by atoms with van der Waals surface area (Å²) in [6, 6.07) is 0. The van der Waals surface area contributed by atoms with Crippen molar-refractivity contribution < 1.29 is 57.1 Å². The van der Waals surface area contributed by atoms with E-state index in [0.29, 0.717) is 112 Å². The normalized spacial score (nSPS) is 11.3. The summed E-state index contributed by atoms with van der Waals surface area (Å²) in [6.07, 6.45) is 0.748. The second kappa shape index (κ2) is 30.8. The number of amides is 3. The maximum atomic E-state index is 12.8. The number of alkyl carbamates (subject to hydrolysis) is 1. The van der Waals surface area contributed by atoms with Gasteiger partial charge in [0.15, 0.2) is 0 Å². The van der Waals surface area contributed by atoms with E-state index >= 15 is 0 Å². The van der Waals surface area contributed by atoms with E-state index in [1.54, 1.807) is 32.6 Å². The van der Waals surface area contributed by atoms with Gasteiger partial charge in [0, 0.05) is 45.6 Å². The first kappa shape index (κ1) is 44.4. The topological polar surface area (TPSA) is 169 Å². The highest BCUT2D eigenvalue weighted by Crippen LogP contribution is 2.07. The molecule has 0 atom stereocenters. The van der Waals surface area contributed by atoms with Gasteiger partial charge in [0.05, 0.1) is 85.7 Å². The standard InChI is InChI=1S/C32H61N3O12/c1-6-40-18-19-42-22-23-44-26-27-45-25-24-43-21-20-41-17-12-28(36)33-13-8-15-35(29(37)10-11-30(38)46-7-2)16-9-14-34-31(39)47-32(3,4)5/h6-27H2,1-5H3,(H,33,36)(H,34,39). The first-order chi connectivity index (χ1) is 22.6. The number of nitrogens with one attached hydrogen (secondary N) is 2. The molecule has 2 N–H and O–H groups in total. The van der Waals surface area contributed by atoms with E-state index in [9.17, 15) is 19.2 Å². The van der Waals surface area contributed by atoms with Crippen LogP contribution in [0.15, 0.2) is 0 Å². The van der Waals surface area contributed by atoms with Crippen molar-refractivity contribution in [2.24, 2.45) is 0 Å². The summed E-state index contributed by atoms with van der Waals surface area (Å²) < 4.78 is 42.4. The van der Waals surface area contributed by atoms with Crippen LogP contribution in [0.2, 0.25) is 0 Å². The molecule has 0 aliphatic heterocycles. The van der Waals surface area contributed by atoms with Gasteiger partial charge >= 0.3 is 12.1 Å². The molecule has 0 heterocycles. The minimum atomic E-state index is -0.600. The zero-order valence-electron chi connectivity index (χ0n) is 29.4. The Bertz CT molecular complexity index is 811. The highest BCUT2D eigenvalue weighted by atomic mass is 16.6. The number of esters is 1. The smallest absolute Gasteiger partial charge is 0.407 e. The lowest BCUT2D eigenvalue weighted by Gasteiger charge is -2.23. The van der Waals surface area contributed by atoms with E-state index < -0.39 is 17.7 Å². The Balaban J connectivity index is 3.96.